The summed E-state index contributed by atoms with van der Waals surface area (Å²) >= 11 is 0. The minimum absolute atomic E-state index is 0.0705. The van der Waals surface area contributed by atoms with E-state index in [2.05, 4.69) is 25.6 Å². The molecule has 4 rings (SSSR count). The molecule has 0 saturated carbocycles. The number of aliphatic carboxylic acids is 1. The first kappa shape index (κ1) is 26.6. The number of carboxylic acid groups (broad SMARTS) is 1. The number of imidazole rings is 1. The SMILES string of the molecule is NC(CP(=O)(O)OC[C@H]1O[C@@H](n2cnc3c(NC(=O)Nc4ccccc4)ncnc32)[C@@H](O)C1O)C(=O)O. The number of nitrogens with one attached hydrogen (secondary N) is 2. The minimum atomic E-state index is -4.43. The van der Waals surface area contributed by atoms with E-state index in [4.69, 9.17) is 20.1 Å². The summed E-state index contributed by atoms with van der Waals surface area (Å²) < 4.78 is 23.9. The number of para-hydroxylation sites is 1. The number of anilines is 2. The van der Waals surface area contributed by atoms with Crippen molar-refractivity contribution in [1.29, 1.82) is 0 Å². The van der Waals surface area contributed by atoms with Gasteiger partial charge in [-0.3, -0.25) is 19.2 Å². The van der Waals surface area contributed by atoms with Crippen molar-refractivity contribution in [3.63, 3.8) is 0 Å². The van der Waals surface area contributed by atoms with Crippen LogP contribution >= 0.6 is 7.60 Å². The van der Waals surface area contributed by atoms with Crippen LogP contribution in [0.4, 0.5) is 16.3 Å². The molecule has 1 aliphatic rings. The third-order valence-electron chi connectivity index (χ3n) is 5.42. The van der Waals surface area contributed by atoms with Gasteiger partial charge >= 0.3 is 19.6 Å². The lowest BCUT2D eigenvalue weighted by Gasteiger charge is -2.19. The molecule has 2 aromatic heterocycles. The van der Waals surface area contributed by atoms with Crippen molar-refractivity contribution in [3.05, 3.63) is 43.0 Å². The highest BCUT2D eigenvalue weighted by molar-refractivity contribution is 7.52. The Bertz CT molecular complexity index is 1320. The number of aromatic nitrogens is 4. The second-order valence-corrected chi connectivity index (χ2v) is 10.00. The van der Waals surface area contributed by atoms with Crippen LogP contribution in [0, 0.1) is 0 Å². The maximum atomic E-state index is 12.4. The Morgan fingerprint density at radius 2 is 1.89 bits per heavy atom. The summed E-state index contributed by atoms with van der Waals surface area (Å²) in [6.45, 7) is -0.636. The standard InChI is InChI=1S/C20H24N7O9P/c21-11(19(30)31)7-37(33,34)35-6-12-14(28)15(29)18(36-12)27-9-24-13-16(22-8-23-17(13)27)26-20(32)25-10-4-2-1-3-5-10/h1-5,8-9,11-12,14-15,18,28-29H,6-7,21H2,(H,30,31)(H,33,34)(H2,22,23,25,26,32)/t11?,12-,14?,15+,18-/m1/s1. The third kappa shape index (κ3) is 6.08. The van der Waals surface area contributed by atoms with Crippen LogP contribution in [-0.2, 0) is 18.6 Å². The van der Waals surface area contributed by atoms with E-state index in [1.54, 1.807) is 30.3 Å². The zero-order valence-electron chi connectivity index (χ0n) is 19.0. The molecule has 3 heterocycles. The number of amides is 2. The van der Waals surface area contributed by atoms with Crippen LogP contribution in [0.5, 0.6) is 0 Å². The fraction of sp³-hybridized carbons (Fsp3) is 0.350. The van der Waals surface area contributed by atoms with Gasteiger partial charge < -0.3 is 40.5 Å². The van der Waals surface area contributed by atoms with E-state index in [0.717, 1.165) is 6.33 Å². The normalized spacial score (nSPS) is 23.9. The van der Waals surface area contributed by atoms with Crippen molar-refractivity contribution in [2.45, 2.75) is 30.6 Å². The smallest absolute Gasteiger partial charge is 0.330 e. The second kappa shape index (κ2) is 10.9. The average Bonchev–Trinajstić information content (AvgIpc) is 3.40. The number of hydrogen-bond acceptors (Lipinski definition) is 11. The summed E-state index contributed by atoms with van der Waals surface area (Å²) in [5, 5.41) is 35.0. The summed E-state index contributed by atoms with van der Waals surface area (Å²) in [5.74, 6) is -1.41. The molecule has 0 bridgehead atoms. The van der Waals surface area contributed by atoms with Crippen molar-refractivity contribution >= 4 is 42.3 Å². The number of fused-ring (bicyclic) bond motifs is 1. The van der Waals surface area contributed by atoms with E-state index >= 15 is 0 Å². The van der Waals surface area contributed by atoms with Crippen LogP contribution in [0.25, 0.3) is 11.2 Å². The highest BCUT2D eigenvalue weighted by Gasteiger charge is 2.45. The summed E-state index contributed by atoms with van der Waals surface area (Å²) in [5.41, 5.74) is 6.14. The molecule has 8 N–H and O–H groups in total. The van der Waals surface area contributed by atoms with E-state index in [-0.39, 0.29) is 17.0 Å². The Kier molecular flexibility index (Phi) is 7.79. The number of carbonyl (C=O) groups excluding carboxylic acids is 1. The van der Waals surface area contributed by atoms with Gasteiger partial charge in [-0.1, -0.05) is 18.2 Å². The van der Waals surface area contributed by atoms with E-state index in [0.29, 0.717) is 5.69 Å². The first-order valence-corrected chi connectivity index (χ1v) is 12.6. The Balaban J connectivity index is 1.46. The number of carbonyl (C=O) groups is 2. The summed E-state index contributed by atoms with van der Waals surface area (Å²) in [4.78, 5) is 45.4. The molecule has 0 aliphatic carbocycles. The third-order valence-corrected chi connectivity index (χ3v) is 6.83. The van der Waals surface area contributed by atoms with Gasteiger partial charge in [-0.05, 0) is 12.1 Å². The van der Waals surface area contributed by atoms with Gasteiger partial charge in [-0.2, -0.15) is 0 Å². The molecular weight excluding hydrogens is 513 g/mol. The Morgan fingerprint density at radius 3 is 2.59 bits per heavy atom. The Labute approximate surface area is 208 Å². The monoisotopic (exact) mass is 537 g/mol. The van der Waals surface area contributed by atoms with Crippen molar-refractivity contribution in [2.75, 3.05) is 23.4 Å². The molecule has 2 amide bonds. The molecule has 1 aliphatic heterocycles. The molecule has 0 spiro atoms. The predicted octanol–water partition coefficient (Wildman–Crippen LogP) is -0.297. The van der Waals surface area contributed by atoms with Gasteiger partial charge in [0.1, 0.15) is 30.7 Å². The Hall–Kier alpha value is -3.50. The number of rotatable bonds is 9. The molecule has 37 heavy (non-hydrogen) atoms. The lowest BCUT2D eigenvalue weighted by atomic mass is 10.1. The van der Waals surface area contributed by atoms with Gasteiger partial charge in [0.25, 0.3) is 0 Å². The average molecular weight is 537 g/mol. The first-order chi connectivity index (χ1) is 17.6. The molecule has 198 valence electrons. The number of aliphatic hydroxyl groups excluding tert-OH is 2. The molecule has 6 atom stereocenters. The summed E-state index contributed by atoms with van der Waals surface area (Å²) in [7, 11) is -4.43. The highest BCUT2D eigenvalue weighted by atomic mass is 31.2. The van der Waals surface area contributed by atoms with Crippen LogP contribution in [-0.4, -0.2) is 88.9 Å². The van der Waals surface area contributed by atoms with E-state index < -0.39 is 62.9 Å². The topological polar surface area (TPSA) is 244 Å². The molecule has 3 aromatic rings. The van der Waals surface area contributed by atoms with Crippen molar-refractivity contribution in [1.82, 2.24) is 19.5 Å². The van der Waals surface area contributed by atoms with Crippen LogP contribution in [0.2, 0.25) is 0 Å². The van der Waals surface area contributed by atoms with Crippen molar-refractivity contribution in [3.8, 4) is 0 Å². The van der Waals surface area contributed by atoms with Crippen molar-refractivity contribution in [2.24, 2.45) is 5.73 Å². The molecule has 3 unspecified atom stereocenters. The van der Waals surface area contributed by atoms with Gasteiger partial charge in [0, 0.05) is 5.69 Å². The lowest BCUT2D eigenvalue weighted by Crippen LogP contribution is -2.35. The number of aliphatic hydroxyl groups is 2. The molecule has 0 radical (unpaired) electrons. The fourth-order valence-electron chi connectivity index (χ4n) is 3.59. The Morgan fingerprint density at radius 1 is 1.16 bits per heavy atom. The summed E-state index contributed by atoms with van der Waals surface area (Å²) in [6, 6.07) is 6.50. The molecule has 17 heteroatoms. The van der Waals surface area contributed by atoms with E-state index in [9.17, 15) is 29.3 Å². The zero-order chi connectivity index (χ0) is 26.7. The van der Waals surface area contributed by atoms with Gasteiger partial charge in [-0.25, -0.2) is 19.7 Å². The van der Waals surface area contributed by atoms with E-state index in [1.807, 2.05) is 0 Å². The largest absolute Gasteiger partial charge is 0.480 e. The number of carboxylic acids is 1. The number of benzene rings is 1. The molecule has 16 nitrogen and oxygen atoms in total. The lowest BCUT2D eigenvalue weighted by molar-refractivity contribution is -0.138. The number of urea groups is 1. The van der Waals surface area contributed by atoms with Gasteiger partial charge in [0.2, 0.25) is 0 Å². The van der Waals surface area contributed by atoms with Crippen LogP contribution in [0.3, 0.4) is 0 Å². The molecule has 1 saturated heterocycles. The van der Waals surface area contributed by atoms with E-state index in [1.165, 1.54) is 10.9 Å². The van der Waals surface area contributed by atoms with Gasteiger partial charge in [-0.15, -0.1) is 0 Å². The predicted molar refractivity (Wildman–Crippen MR) is 127 cm³/mol. The first-order valence-electron chi connectivity index (χ1n) is 10.8. The number of nitrogens with two attached hydrogens (primary N) is 1. The van der Waals surface area contributed by atoms with Crippen molar-refractivity contribution < 1.29 is 43.6 Å². The molecule has 1 aromatic carbocycles. The van der Waals surface area contributed by atoms with Gasteiger partial charge in [0.05, 0.1) is 19.1 Å². The summed E-state index contributed by atoms with van der Waals surface area (Å²) in [6.07, 6.45) is -3.97. The number of ether oxygens (including phenoxy) is 1. The van der Waals surface area contributed by atoms with Crippen LogP contribution in [0.1, 0.15) is 6.23 Å². The van der Waals surface area contributed by atoms with Crippen LogP contribution < -0.4 is 16.4 Å². The van der Waals surface area contributed by atoms with Crippen LogP contribution in [0.15, 0.2) is 43.0 Å². The molecule has 1 fully saturated rings. The number of nitrogens with zero attached hydrogens (tertiary/aromatic N) is 4. The highest BCUT2D eigenvalue weighted by Crippen LogP contribution is 2.43. The quantitative estimate of drug-likeness (QED) is 0.174. The number of hydrogen-bond donors (Lipinski definition) is 7. The fourth-order valence-corrected chi connectivity index (χ4v) is 4.73. The minimum Gasteiger partial charge on any atom is -0.480 e. The maximum Gasteiger partial charge on any atom is 0.330 e. The zero-order valence-corrected chi connectivity index (χ0v) is 19.9. The second-order valence-electron chi connectivity index (χ2n) is 8.10. The molecular formula is C20H24N7O9P. The maximum absolute atomic E-state index is 12.4. The van der Waals surface area contributed by atoms with Gasteiger partial charge in [0.15, 0.2) is 23.2 Å².